The van der Waals surface area contributed by atoms with Crippen LogP contribution in [-0.4, -0.2) is 25.5 Å². The highest BCUT2D eigenvalue weighted by molar-refractivity contribution is 5.94. The number of benzene rings is 2. The van der Waals surface area contributed by atoms with Crippen LogP contribution in [0.5, 0.6) is 11.5 Å². The molecule has 2 aromatic rings. The van der Waals surface area contributed by atoms with Gasteiger partial charge in [-0.3, -0.25) is 4.79 Å². The molecule has 1 amide bonds. The van der Waals surface area contributed by atoms with Gasteiger partial charge in [-0.25, -0.2) is 0 Å². The molecule has 1 unspecified atom stereocenters. The molecule has 1 aliphatic heterocycles. The SMILES string of the molecule is O=C(NCC1CCCNC1)c1ccc(Oc2ccccc2)cc1. The summed E-state index contributed by atoms with van der Waals surface area (Å²) in [5.41, 5.74) is 0.661. The average Bonchev–Trinajstić information content (AvgIpc) is 2.62. The molecule has 1 heterocycles. The van der Waals surface area contributed by atoms with Gasteiger partial charge in [-0.2, -0.15) is 0 Å². The largest absolute Gasteiger partial charge is 0.457 e. The molecule has 1 saturated heterocycles. The molecular weight excluding hydrogens is 288 g/mol. The van der Waals surface area contributed by atoms with Crippen LogP contribution in [0.25, 0.3) is 0 Å². The van der Waals surface area contributed by atoms with Gasteiger partial charge >= 0.3 is 0 Å². The van der Waals surface area contributed by atoms with Crippen molar-refractivity contribution in [1.82, 2.24) is 10.6 Å². The average molecular weight is 310 g/mol. The minimum atomic E-state index is -0.0261. The van der Waals surface area contributed by atoms with Crippen LogP contribution >= 0.6 is 0 Å². The molecule has 2 aromatic carbocycles. The van der Waals surface area contributed by atoms with E-state index in [0.29, 0.717) is 11.5 Å². The minimum Gasteiger partial charge on any atom is -0.457 e. The molecule has 4 heteroatoms. The van der Waals surface area contributed by atoms with Crippen molar-refractivity contribution in [1.29, 1.82) is 0 Å². The minimum absolute atomic E-state index is 0.0261. The maximum atomic E-state index is 12.2. The molecule has 1 atom stereocenters. The van der Waals surface area contributed by atoms with Gasteiger partial charge in [0, 0.05) is 12.1 Å². The lowest BCUT2D eigenvalue weighted by atomic mass is 10.00. The number of nitrogens with one attached hydrogen (secondary N) is 2. The summed E-state index contributed by atoms with van der Waals surface area (Å²) >= 11 is 0. The van der Waals surface area contributed by atoms with Crippen molar-refractivity contribution in [2.45, 2.75) is 12.8 Å². The highest BCUT2D eigenvalue weighted by atomic mass is 16.5. The van der Waals surface area contributed by atoms with Crippen molar-refractivity contribution in [2.24, 2.45) is 5.92 Å². The second-order valence-corrected chi connectivity index (χ2v) is 5.86. The number of hydrogen-bond donors (Lipinski definition) is 2. The van der Waals surface area contributed by atoms with Gasteiger partial charge in [0.05, 0.1) is 0 Å². The Morgan fingerprint density at radius 2 is 1.83 bits per heavy atom. The smallest absolute Gasteiger partial charge is 0.251 e. The van der Waals surface area contributed by atoms with Gasteiger partial charge in [-0.15, -0.1) is 0 Å². The molecule has 2 N–H and O–H groups in total. The number of carbonyl (C=O) groups is 1. The zero-order valence-corrected chi connectivity index (χ0v) is 13.1. The number of amides is 1. The summed E-state index contributed by atoms with van der Waals surface area (Å²) in [6.07, 6.45) is 2.36. The van der Waals surface area contributed by atoms with E-state index in [0.717, 1.165) is 31.1 Å². The van der Waals surface area contributed by atoms with Gasteiger partial charge < -0.3 is 15.4 Å². The van der Waals surface area contributed by atoms with E-state index in [1.807, 2.05) is 42.5 Å². The summed E-state index contributed by atoms with van der Waals surface area (Å²) in [6.45, 7) is 2.81. The molecule has 0 radical (unpaired) electrons. The number of carbonyl (C=O) groups excluding carboxylic acids is 1. The lowest BCUT2D eigenvalue weighted by Gasteiger charge is -2.22. The van der Waals surface area contributed by atoms with Crippen molar-refractivity contribution in [2.75, 3.05) is 19.6 Å². The number of hydrogen-bond acceptors (Lipinski definition) is 3. The van der Waals surface area contributed by atoms with Crippen molar-refractivity contribution >= 4 is 5.91 Å². The molecule has 120 valence electrons. The fourth-order valence-corrected chi connectivity index (χ4v) is 2.74. The Morgan fingerprint density at radius 3 is 2.52 bits per heavy atom. The molecule has 23 heavy (non-hydrogen) atoms. The fourth-order valence-electron chi connectivity index (χ4n) is 2.74. The van der Waals surface area contributed by atoms with Crippen molar-refractivity contribution in [3.8, 4) is 11.5 Å². The van der Waals surface area contributed by atoms with E-state index in [4.69, 9.17) is 4.74 Å². The van der Waals surface area contributed by atoms with E-state index in [-0.39, 0.29) is 5.91 Å². The molecule has 4 nitrogen and oxygen atoms in total. The van der Waals surface area contributed by atoms with E-state index in [2.05, 4.69) is 10.6 Å². The van der Waals surface area contributed by atoms with Gasteiger partial charge in [0.25, 0.3) is 5.91 Å². The maximum Gasteiger partial charge on any atom is 0.251 e. The first kappa shape index (κ1) is 15.6. The van der Waals surface area contributed by atoms with Crippen LogP contribution in [0, 0.1) is 5.92 Å². The summed E-state index contributed by atoms with van der Waals surface area (Å²) in [7, 11) is 0. The molecule has 0 aliphatic carbocycles. The third kappa shape index (κ3) is 4.57. The van der Waals surface area contributed by atoms with Crippen molar-refractivity contribution in [3.05, 3.63) is 60.2 Å². The predicted octanol–water partition coefficient (Wildman–Crippen LogP) is 3.21. The van der Waals surface area contributed by atoms with Crippen LogP contribution in [0.4, 0.5) is 0 Å². The van der Waals surface area contributed by atoms with Crippen LogP contribution in [-0.2, 0) is 0 Å². The van der Waals surface area contributed by atoms with Gasteiger partial charge in [-0.05, 0) is 68.2 Å². The Morgan fingerprint density at radius 1 is 1.09 bits per heavy atom. The van der Waals surface area contributed by atoms with E-state index in [1.165, 1.54) is 12.8 Å². The van der Waals surface area contributed by atoms with E-state index < -0.39 is 0 Å². The molecule has 3 rings (SSSR count). The Labute approximate surface area is 136 Å². The van der Waals surface area contributed by atoms with Crippen LogP contribution in [0.15, 0.2) is 54.6 Å². The summed E-state index contributed by atoms with van der Waals surface area (Å²) in [6, 6.07) is 16.8. The predicted molar refractivity (Wildman–Crippen MR) is 90.9 cm³/mol. The third-order valence-electron chi connectivity index (χ3n) is 4.05. The van der Waals surface area contributed by atoms with E-state index in [1.54, 1.807) is 12.1 Å². The molecular formula is C19H22N2O2. The second kappa shape index (κ2) is 7.79. The standard InChI is InChI=1S/C19H22N2O2/c22-19(21-14-15-5-4-12-20-13-15)16-8-10-18(11-9-16)23-17-6-2-1-3-7-17/h1-3,6-11,15,20H,4-5,12-14H2,(H,21,22). The molecule has 1 aliphatic rings. The zero-order chi connectivity index (χ0) is 15.9. The van der Waals surface area contributed by atoms with Gasteiger partial charge in [0.15, 0.2) is 0 Å². The quantitative estimate of drug-likeness (QED) is 0.891. The van der Waals surface area contributed by atoms with Gasteiger partial charge in [0.2, 0.25) is 0 Å². The van der Waals surface area contributed by atoms with Crippen LogP contribution < -0.4 is 15.4 Å². The molecule has 0 spiro atoms. The van der Waals surface area contributed by atoms with Crippen molar-refractivity contribution in [3.63, 3.8) is 0 Å². The Hall–Kier alpha value is -2.33. The van der Waals surface area contributed by atoms with Crippen LogP contribution in [0.3, 0.4) is 0 Å². The molecule has 0 bridgehead atoms. The number of rotatable bonds is 5. The van der Waals surface area contributed by atoms with E-state index in [9.17, 15) is 4.79 Å². The first-order valence-corrected chi connectivity index (χ1v) is 8.13. The highest BCUT2D eigenvalue weighted by Gasteiger charge is 2.14. The summed E-state index contributed by atoms with van der Waals surface area (Å²) in [5.74, 6) is 2.02. The second-order valence-electron chi connectivity index (χ2n) is 5.86. The summed E-state index contributed by atoms with van der Waals surface area (Å²) in [4.78, 5) is 12.2. The summed E-state index contributed by atoms with van der Waals surface area (Å²) < 4.78 is 5.73. The zero-order valence-electron chi connectivity index (χ0n) is 13.1. The van der Waals surface area contributed by atoms with E-state index >= 15 is 0 Å². The van der Waals surface area contributed by atoms with Gasteiger partial charge in [0.1, 0.15) is 11.5 Å². The van der Waals surface area contributed by atoms with Gasteiger partial charge in [-0.1, -0.05) is 18.2 Å². The lowest BCUT2D eigenvalue weighted by Crippen LogP contribution is -2.38. The van der Waals surface area contributed by atoms with Crippen molar-refractivity contribution < 1.29 is 9.53 Å². The fraction of sp³-hybridized carbons (Fsp3) is 0.316. The first-order valence-electron chi connectivity index (χ1n) is 8.13. The Balaban J connectivity index is 1.52. The number of ether oxygens (including phenoxy) is 1. The molecule has 1 fully saturated rings. The molecule has 0 aromatic heterocycles. The number of para-hydroxylation sites is 1. The highest BCUT2D eigenvalue weighted by Crippen LogP contribution is 2.21. The lowest BCUT2D eigenvalue weighted by molar-refractivity contribution is 0.0945. The normalized spacial score (nSPS) is 17.5. The Bertz CT molecular complexity index is 620. The Kier molecular flexibility index (Phi) is 5.27. The van der Waals surface area contributed by atoms with Crippen LogP contribution in [0.1, 0.15) is 23.2 Å². The monoisotopic (exact) mass is 310 g/mol. The summed E-state index contributed by atoms with van der Waals surface area (Å²) in [5, 5.41) is 6.38. The first-order chi connectivity index (χ1) is 11.3. The molecule has 0 saturated carbocycles. The number of piperidine rings is 1. The topological polar surface area (TPSA) is 50.4 Å². The maximum absolute atomic E-state index is 12.2. The van der Waals surface area contributed by atoms with Crippen LogP contribution in [0.2, 0.25) is 0 Å². The third-order valence-corrected chi connectivity index (χ3v) is 4.05.